The van der Waals surface area contributed by atoms with Crippen molar-refractivity contribution in [3.8, 4) is 11.5 Å². The predicted octanol–water partition coefficient (Wildman–Crippen LogP) is 3.63. The summed E-state index contributed by atoms with van der Waals surface area (Å²) in [6, 6.07) is 22.3. The second kappa shape index (κ2) is 8.44. The van der Waals surface area contributed by atoms with E-state index in [1.165, 1.54) is 30.5 Å². The summed E-state index contributed by atoms with van der Waals surface area (Å²) >= 11 is 0. The van der Waals surface area contributed by atoms with Crippen molar-refractivity contribution in [2.75, 3.05) is 0 Å². The highest BCUT2D eigenvalue weighted by Gasteiger charge is 2.38. The molecule has 3 aromatic rings. The lowest BCUT2D eigenvalue weighted by Crippen LogP contribution is -2.44. The van der Waals surface area contributed by atoms with Gasteiger partial charge in [-0.3, -0.25) is 14.9 Å². The van der Waals surface area contributed by atoms with Crippen LogP contribution < -0.4 is 14.9 Å². The minimum absolute atomic E-state index is 0.0201. The summed E-state index contributed by atoms with van der Waals surface area (Å²) in [5.41, 5.74) is 3.84. The maximum atomic E-state index is 12.8. The molecular formula is C22H17N3O5. The molecule has 1 aliphatic heterocycles. The molecular weight excluding hydrogens is 386 g/mol. The molecule has 0 fully saturated rings. The van der Waals surface area contributed by atoms with E-state index in [-0.39, 0.29) is 5.69 Å². The van der Waals surface area contributed by atoms with Crippen LogP contribution >= 0.6 is 0 Å². The molecule has 1 amide bonds. The summed E-state index contributed by atoms with van der Waals surface area (Å²) in [6.45, 7) is 0. The summed E-state index contributed by atoms with van der Waals surface area (Å²) in [7, 11) is 0. The van der Waals surface area contributed by atoms with E-state index in [0.717, 1.165) is 5.56 Å². The Morgan fingerprint density at radius 3 is 2.23 bits per heavy atom. The molecule has 2 unspecified atom stereocenters. The summed E-state index contributed by atoms with van der Waals surface area (Å²) in [4.78, 5) is 23.0. The highest BCUT2D eigenvalue weighted by molar-refractivity contribution is 5.85. The first-order valence-corrected chi connectivity index (χ1v) is 9.16. The number of amides is 1. The smallest absolute Gasteiger partial charge is 0.285 e. The highest BCUT2D eigenvalue weighted by atomic mass is 16.6. The van der Waals surface area contributed by atoms with Crippen LogP contribution in [0.4, 0.5) is 5.69 Å². The van der Waals surface area contributed by atoms with Gasteiger partial charge >= 0.3 is 0 Å². The molecule has 0 aromatic heterocycles. The SMILES string of the molecule is O=C(NN=Cc1ccc([N+](=O)[O-])cc1)C1Oc2ccccc2OC1c1ccccc1. The Morgan fingerprint density at radius 2 is 1.57 bits per heavy atom. The number of carbonyl (C=O) groups is 1. The van der Waals surface area contributed by atoms with Gasteiger partial charge in [-0.2, -0.15) is 5.10 Å². The van der Waals surface area contributed by atoms with Gasteiger partial charge in [0, 0.05) is 12.1 Å². The lowest BCUT2D eigenvalue weighted by molar-refractivity contribution is -0.384. The summed E-state index contributed by atoms with van der Waals surface area (Å²) in [6.07, 6.45) is -0.191. The van der Waals surface area contributed by atoms with Gasteiger partial charge in [0.15, 0.2) is 17.6 Å². The van der Waals surface area contributed by atoms with Crippen molar-refractivity contribution in [1.82, 2.24) is 5.43 Å². The highest BCUT2D eigenvalue weighted by Crippen LogP contribution is 2.39. The van der Waals surface area contributed by atoms with E-state index in [0.29, 0.717) is 17.1 Å². The molecule has 1 N–H and O–H groups in total. The van der Waals surface area contributed by atoms with Gasteiger partial charge in [0.05, 0.1) is 11.1 Å². The van der Waals surface area contributed by atoms with Crippen LogP contribution in [-0.4, -0.2) is 23.1 Å². The van der Waals surface area contributed by atoms with Gasteiger partial charge in [0.1, 0.15) is 0 Å². The minimum atomic E-state index is -0.948. The molecule has 1 aliphatic rings. The number of rotatable bonds is 5. The topological polar surface area (TPSA) is 103 Å². The first-order valence-electron chi connectivity index (χ1n) is 9.16. The van der Waals surface area contributed by atoms with Crippen LogP contribution in [0, 0.1) is 10.1 Å². The van der Waals surface area contributed by atoms with E-state index >= 15 is 0 Å². The maximum absolute atomic E-state index is 12.8. The van der Waals surface area contributed by atoms with Crippen molar-refractivity contribution < 1.29 is 19.2 Å². The Bertz CT molecular complexity index is 1080. The first kappa shape index (κ1) is 19.1. The third kappa shape index (κ3) is 4.12. The van der Waals surface area contributed by atoms with Crippen molar-refractivity contribution >= 4 is 17.8 Å². The lowest BCUT2D eigenvalue weighted by Gasteiger charge is -2.32. The van der Waals surface area contributed by atoms with Crippen LogP contribution in [0.2, 0.25) is 0 Å². The summed E-state index contributed by atoms with van der Waals surface area (Å²) < 4.78 is 12.0. The number of ether oxygens (including phenoxy) is 2. The van der Waals surface area contributed by atoms with Gasteiger partial charge in [-0.25, -0.2) is 5.43 Å². The average molecular weight is 403 g/mol. The van der Waals surface area contributed by atoms with E-state index in [9.17, 15) is 14.9 Å². The number of nitrogens with zero attached hydrogens (tertiary/aromatic N) is 2. The van der Waals surface area contributed by atoms with Crippen molar-refractivity contribution in [3.63, 3.8) is 0 Å². The van der Waals surface area contributed by atoms with Gasteiger partial charge in [-0.15, -0.1) is 0 Å². The Morgan fingerprint density at radius 1 is 0.933 bits per heavy atom. The molecule has 0 radical (unpaired) electrons. The van der Waals surface area contributed by atoms with Gasteiger partial charge in [0.2, 0.25) is 6.10 Å². The van der Waals surface area contributed by atoms with Gasteiger partial charge in [0.25, 0.3) is 11.6 Å². The zero-order chi connectivity index (χ0) is 20.9. The van der Waals surface area contributed by atoms with Crippen molar-refractivity contribution in [2.45, 2.75) is 12.2 Å². The van der Waals surface area contributed by atoms with Crippen LogP contribution in [-0.2, 0) is 4.79 Å². The molecule has 1 heterocycles. The van der Waals surface area contributed by atoms with Crippen LogP contribution in [0.25, 0.3) is 0 Å². The fourth-order valence-corrected chi connectivity index (χ4v) is 3.03. The third-order valence-electron chi connectivity index (χ3n) is 4.51. The van der Waals surface area contributed by atoms with Crippen molar-refractivity contribution in [2.24, 2.45) is 5.10 Å². The number of nitro benzene ring substituents is 1. The molecule has 0 spiro atoms. The number of fused-ring (bicyclic) bond motifs is 1. The molecule has 8 nitrogen and oxygen atoms in total. The van der Waals surface area contributed by atoms with Crippen molar-refractivity contribution in [1.29, 1.82) is 0 Å². The van der Waals surface area contributed by atoms with Crippen LogP contribution in [0.1, 0.15) is 17.2 Å². The Labute approximate surface area is 171 Å². The predicted molar refractivity (Wildman–Crippen MR) is 110 cm³/mol. The zero-order valence-electron chi connectivity index (χ0n) is 15.7. The molecule has 0 saturated heterocycles. The van der Waals surface area contributed by atoms with Crippen LogP contribution in [0.15, 0.2) is 84.0 Å². The van der Waals surface area contributed by atoms with Gasteiger partial charge in [-0.1, -0.05) is 42.5 Å². The number of carbonyl (C=O) groups excluding carboxylic acids is 1. The molecule has 8 heteroatoms. The Balaban J connectivity index is 1.51. The molecule has 0 saturated carbocycles. The van der Waals surface area contributed by atoms with Gasteiger partial charge in [-0.05, 0) is 35.4 Å². The van der Waals surface area contributed by atoms with Crippen LogP contribution in [0.3, 0.4) is 0 Å². The Kier molecular flexibility index (Phi) is 5.38. The fraction of sp³-hybridized carbons (Fsp3) is 0.0909. The van der Waals surface area contributed by atoms with E-state index in [4.69, 9.17) is 9.47 Å². The first-order chi connectivity index (χ1) is 14.6. The molecule has 0 aliphatic carbocycles. The minimum Gasteiger partial charge on any atom is -0.477 e. The van der Waals surface area contributed by atoms with E-state index in [1.54, 1.807) is 18.2 Å². The average Bonchev–Trinajstić information content (AvgIpc) is 2.79. The number of nitrogens with one attached hydrogen (secondary N) is 1. The molecule has 2 atom stereocenters. The zero-order valence-corrected chi connectivity index (χ0v) is 15.7. The van der Waals surface area contributed by atoms with E-state index in [2.05, 4.69) is 10.5 Å². The quantitative estimate of drug-likeness (QED) is 0.398. The largest absolute Gasteiger partial charge is 0.477 e. The number of benzene rings is 3. The normalized spacial score (nSPS) is 17.5. The van der Waals surface area contributed by atoms with Crippen molar-refractivity contribution in [3.05, 3.63) is 100 Å². The van der Waals surface area contributed by atoms with Gasteiger partial charge < -0.3 is 9.47 Å². The number of non-ortho nitro benzene ring substituents is 1. The molecule has 30 heavy (non-hydrogen) atoms. The monoisotopic (exact) mass is 403 g/mol. The molecule has 3 aromatic carbocycles. The second-order valence-corrected chi connectivity index (χ2v) is 6.52. The molecule has 0 bridgehead atoms. The standard InChI is InChI=1S/C22H17N3O5/c26-22(24-23-14-15-10-12-17(13-11-15)25(27)28)21-20(16-6-2-1-3-7-16)29-18-8-4-5-9-19(18)30-21/h1-14,20-21H,(H,24,26). The summed E-state index contributed by atoms with van der Waals surface area (Å²) in [5.74, 6) is 0.561. The van der Waals surface area contributed by atoms with E-state index in [1.807, 2.05) is 36.4 Å². The van der Waals surface area contributed by atoms with Crippen LogP contribution in [0.5, 0.6) is 11.5 Å². The number of hydrogen-bond donors (Lipinski definition) is 1. The number of nitro groups is 1. The number of hydrogen-bond acceptors (Lipinski definition) is 6. The maximum Gasteiger partial charge on any atom is 0.285 e. The third-order valence-corrected chi connectivity index (χ3v) is 4.51. The Hall–Kier alpha value is -4.20. The second-order valence-electron chi connectivity index (χ2n) is 6.52. The fourth-order valence-electron chi connectivity index (χ4n) is 3.03. The number of para-hydroxylation sites is 2. The molecule has 4 rings (SSSR count). The summed E-state index contributed by atoms with van der Waals surface area (Å²) in [5, 5.41) is 14.7. The molecule has 150 valence electrons. The number of hydrazone groups is 1. The lowest BCUT2D eigenvalue weighted by atomic mass is 10.0. The van der Waals surface area contributed by atoms with E-state index < -0.39 is 23.0 Å².